The second kappa shape index (κ2) is 10.00. The van der Waals surface area contributed by atoms with Gasteiger partial charge in [-0.05, 0) is 72.5 Å². The van der Waals surface area contributed by atoms with Crippen LogP contribution in [0.3, 0.4) is 0 Å². The summed E-state index contributed by atoms with van der Waals surface area (Å²) in [7, 11) is -0.374. The van der Waals surface area contributed by atoms with E-state index < -0.39 is 16.8 Å². The summed E-state index contributed by atoms with van der Waals surface area (Å²) in [5.74, 6) is -1.40. The molecule has 6 nitrogen and oxygen atoms in total. The average Bonchev–Trinajstić information content (AvgIpc) is 2.74. The molecule has 3 aromatic rings. The van der Waals surface area contributed by atoms with Crippen LogP contribution in [0, 0.1) is 5.82 Å². The van der Waals surface area contributed by atoms with Gasteiger partial charge in [-0.25, -0.2) is 9.18 Å². The number of anilines is 2. The molecule has 30 heavy (non-hydrogen) atoms. The molecule has 0 atom stereocenters. The number of hydrogen-bond donors (Lipinski definition) is 2. The van der Waals surface area contributed by atoms with E-state index in [0.29, 0.717) is 23.5 Å². The monoisotopic (exact) mass is 427 g/mol. The van der Waals surface area contributed by atoms with Crippen LogP contribution < -0.4 is 5.32 Å². The van der Waals surface area contributed by atoms with Crippen molar-refractivity contribution in [2.75, 3.05) is 12.4 Å². The van der Waals surface area contributed by atoms with E-state index in [-0.39, 0.29) is 11.4 Å². The Morgan fingerprint density at radius 2 is 1.67 bits per heavy atom. The van der Waals surface area contributed by atoms with Gasteiger partial charge in [0.2, 0.25) is 0 Å². The van der Waals surface area contributed by atoms with Gasteiger partial charge in [0.25, 0.3) is 0 Å². The first kappa shape index (κ1) is 21.5. The van der Waals surface area contributed by atoms with Crippen LogP contribution in [0.4, 0.5) is 21.5 Å². The van der Waals surface area contributed by atoms with Crippen molar-refractivity contribution in [2.45, 2.75) is 12.8 Å². The van der Waals surface area contributed by atoms with Gasteiger partial charge in [-0.2, -0.15) is 0 Å². The molecule has 0 heterocycles. The maximum atomic E-state index is 13.1. The minimum atomic E-state index is -1.70. The van der Waals surface area contributed by atoms with Crippen molar-refractivity contribution in [3.63, 3.8) is 0 Å². The summed E-state index contributed by atoms with van der Waals surface area (Å²) >= 11 is 0. The van der Waals surface area contributed by atoms with E-state index in [1.807, 2.05) is 12.1 Å². The second-order valence-electron chi connectivity index (χ2n) is 6.46. The van der Waals surface area contributed by atoms with Crippen molar-refractivity contribution >= 4 is 33.9 Å². The molecular formula is C22H20FN2O4S-. The Bertz CT molecular complexity index is 1110. The van der Waals surface area contributed by atoms with Crippen LogP contribution in [-0.2, 0) is 32.1 Å². The summed E-state index contributed by atoms with van der Waals surface area (Å²) in [6, 6.07) is 18.2. The van der Waals surface area contributed by atoms with E-state index >= 15 is 0 Å². The van der Waals surface area contributed by atoms with Gasteiger partial charge < -0.3 is 23.2 Å². The van der Waals surface area contributed by atoms with Gasteiger partial charge in [0.15, 0.2) is 0 Å². The quantitative estimate of drug-likeness (QED) is 0.471. The Balaban J connectivity index is 1.74. The SMILES string of the molecule is CO[S-](=O)=Nc1ccc(CCc2ccc(C(=O)O)c(Nc3ccc(F)cc3)c2)cc1. The number of carboxylic acids is 1. The Morgan fingerprint density at radius 3 is 2.30 bits per heavy atom. The van der Waals surface area contributed by atoms with Crippen LogP contribution in [0.5, 0.6) is 0 Å². The number of benzene rings is 3. The molecule has 2 N–H and O–H groups in total. The molecule has 0 saturated carbocycles. The molecule has 8 heteroatoms. The lowest BCUT2D eigenvalue weighted by Crippen LogP contribution is -2.04. The minimum absolute atomic E-state index is 0.139. The van der Waals surface area contributed by atoms with Gasteiger partial charge in [0, 0.05) is 18.5 Å². The maximum Gasteiger partial charge on any atom is 0.337 e. The van der Waals surface area contributed by atoms with Crippen molar-refractivity contribution in [1.29, 1.82) is 0 Å². The lowest BCUT2D eigenvalue weighted by atomic mass is 10.0. The largest absolute Gasteiger partial charge is 0.478 e. The van der Waals surface area contributed by atoms with Crippen LogP contribution in [0.15, 0.2) is 71.1 Å². The molecule has 0 bridgehead atoms. The van der Waals surface area contributed by atoms with Crippen LogP contribution in [0.2, 0.25) is 0 Å². The van der Waals surface area contributed by atoms with Crippen molar-refractivity contribution < 1.29 is 22.7 Å². The summed E-state index contributed by atoms with van der Waals surface area (Å²) in [6.45, 7) is 0. The summed E-state index contributed by atoms with van der Waals surface area (Å²) in [5, 5.41) is 12.5. The zero-order valence-electron chi connectivity index (χ0n) is 16.2. The Kier molecular flexibility index (Phi) is 7.16. The first-order chi connectivity index (χ1) is 14.4. The fourth-order valence-corrected chi connectivity index (χ4v) is 3.23. The second-order valence-corrected chi connectivity index (χ2v) is 7.41. The first-order valence-electron chi connectivity index (χ1n) is 9.10. The predicted octanol–water partition coefficient (Wildman–Crippen LogP) is 5.39. The molecule has 3 rings (SSSR count). The predicted molar refractivity (Wildman–Crippen MR) is 114 cm³/mol. The number of halogens is 1. The average molecular weight is 427 g/mol. The highest BCUT2D eigenvalue weighted by molar-refractivity contribution is 7.69. The van der Waals surface area contributed by atoms with Crippen molar-refractivity contribution in [2.24, 2.45) is 4.36 Å². The van der Waals surface area contributed by atoms with Gasteiger partial charge in [0.05, 0.1) is 11.3 Å². The van der Waals surface area contributed by atoms with E-state index in [0.717, 1.165) is 17.5 Å². The molecule has 3 aromatic carbocycles. The van der Waals surface area contributed by atoms with Crippen molar-refractivity contribution in [3.05, 3.63) is 89.2 Å². The molecule has 0 radical (unpaired) electrons. The number of carboxylic acid groups (broad SMARTS) is 1. The molecule has 0 unspecified atom stereocenters. The van der Waals surface area contributed by atoms with Gasteiger partial charge >= 0.3 is 5.97 Å². The minimum Gasteiger partial charge on any atom is -0.478 e. The lowest BCUT2D eigenvalue weighted by Gasteiger charge is -2.12. The van der Waals surface area contributed by atoms with Crippen LogP contribution in [0.1, 0.15) is 21.5 Å². The van der Waals surface area contributed by atoms with Gasteiger partial charge in [-0.3, -0.25) is 0 Å². The van der Waals surface area contributed by atoms with E-state index in [2.05, 4.69) is 13.9 Å². The topological polar surface area (TPSA) is 88.0 Å². The fraction of sp³-hybridized carbons (Fsp3) is 0.136. The van der Waals surface area contributed by atoms with E-state index in [1.165, 1.54) is 19.2 Å². The van der Waals surface area contributed by atoms with E-state index in [9.17, 15) is 18.5 Å². The third-order valence-corrected chi connectivity index (χ3v) is 5.04. The first-order valence-corrected chi connectivity index (χ1v) is 10.1. The number of hydrogen-bond acceptors (Lipinski definition) is 6. The van der Waals surface area contributed by atoms with Gasteiger partial charge in [-0.1, -0.05) is 29.1 Å². The lowest BCUT2D eigenvalue weighted by molar-refractivity contribution is 0.0698. The molecule has 0 aromatic heterocycles. The number of rotatable bonds is 8. The number of nitrogens with one attached hydrogen (secondary N) is 1. The zero-order chi connectivity index (χ0) is 21.5. The Morgan fingerprint density at radius 1 is 1.03 bits per heavy atom. The molecule has 0 aliphatic carbocycles. The fourth-order valence-electron chi connectivity index (χ4n) is 2.86. The normalized spacial score (nSPS) is 11.9. The standard InChI is InChI=1S/C22H20FN2O4S/c1-29-30(28)25-19-9-4-15(5-10-19)2-3-16-6-13-20(22(26)27)21(14-16)24-18-11-7-17(23)8-12-18/h4-14,24H,2-3H2,1H3,(H,26,27)/q-1. The highest BCUT2D eigenvalue weighted by Gasteiger charge is 2.11. The van der Waals surface area contributed by atoms with Crippen LogP contribution >= 0.6 is 0 Å². The summed E-state index contributed by atoms with van der Waals surface area (Å²) in [5.41, 5.74) is 3.77. The molecule has 0 saturated heterocycles. The maximum absolute atomic E-state index is 13.1. The summed E-state index contributed by atoms with van der Waals surface area (Å²) in [4.78, 5) is 11.5. The number of nitrogens with zero attached hydrogens (tertiary/aromatic N) is 1. The molecular weight excluding hydrogens is 407 g/mol. The van der Waals surface area contributed by atoms with Gasteiger partial charge in [-0.15, -0.1) is 0 Å². The summed E-state index contributed by atoms with van der Waals surface area (Å²) < 4.78 is 32.9. The third kappa shape index (κ3) is 5.88. The molecule has 0 aliphatic rings. The zero-order valence-corrected chi connectivity index (χ0v) is 17.0. The molecule has 0 fully saturated rings. The number of aryl methyl sites for hydroxylation is 2. The van der Waals surface area contributed by atoms with Crippen molar-refractivity contribution in [1.82, 2.24) is 0 Å². The molecule has 0 aliphatic heterocycles. The van der Waals surface area contributed by atoms with Crippen LogP contribution in [-0.4, -0.2) is 18.2 Å². The number of carbonyl (C=O) groups is 1. The Hall–Kier alpha value is -3.23. The van der Waals surface area contributed by atoms with E-state index in [1.54, 1.807) is 42.5 Å². The van der Waals surface area contributed by atoms with E-state index in [4.69, 9.17) is 0 Å². The highest BCUT2D eigenvalue weighted by atomic mass is 32.2. The number of aromatic carboxylic acids is 1. The third-order valence-electron chi connectivity index (χ3n) is 4.40. The summed E-state index contributed by atoms with van der Waals surface area (Å²) in [6.07, 6.45) is 1.43. The molecule has 0 amide bonds. The van der Waals surface area contributed by atoms with Crippen LogP contribution in [0.25, 0.3) is 0 Å². The Labute approximate surface area is 175 Å². The van der Waals surface area contributed by atoms with Gasteiger partial charge in [0.1, 0.15) is 5.82 Å². The molecule has 156 valence electrons. The highest BCUT2D eigenvalue weighted by Crippen LogP contribution is 2.24. The molecule has 0 spiro atoms. The van der Waals surface area contributed by atoms with Crippen molar-refractivity contribution in [3.8, 4) is 0 Å². The smallest absolute Gasteiger partial charge is 0.337 e.